The molecule has 0 bridgehead atoms. The molecule has 2 aromatic heterocycles. The fraction of sp³-hybridized carbons (Fsp3) is 0.0714. The molecule has 0 N–H and O–H groups in total. The number of nitrogens with zero attached hydrogens (tertiary/aromatic N) is 4. The summed E-state index contributed by atoms with van der Waals surface area (Å²) in [5, 5.41) is 9.12. The molecule has 0 atom stereocenters. The molecule has 2 heterocycles. The lowest BCUT2D eigenvalue weighted by molar-refractivity contribution is 0.0815. The molecule has 0 unspecified atom stereocenters. The molecule has 0 saturated carbocycles. The van der Waals surface area contributed by atoms with Gasteiger partial charge >= 0.3 is 0 Å². The summed E-state index contributed by atoms with van der Waals surface area (Å²) in [5.74, 6) is -1.27. The number of ketones is 2. The highest BCUT2D eigenvalue weighted by molar-refractivity contribution is 6.54. The summed E-state index contributed by atoms with van der Waals surface area (Å²) in [6.45, 7) is 10.8. The van der Waals surface area contributed by atoms with Crippen LogP contribution in [0.2, 0.25) is 0 Å². The van der Waals surface area contributed by atoms with Gasteiger partial charge in [0.25, 0.3) is 0 Å². The van der Waals surface area contributed by atoms with Gasteiger partial charge in [-0.3, -0.25) is 19.6 Å². The summed E-state index contributed by atoms with van der Waals surface area (Å²) in [4.78, 5) is 39.5. The van der Waals surface area contributed by atoms with Crippen molar-refractivity contribution in [2.45, 2.75) is 13.8 Å². The molecule has 0 amide bonds. The number of carbonyl (C=O) groups excluding carboxylic acids is 2. The third-order valence-electron chi connectivity index (χ3n) is 6.01. The second-order valence-corrected chi connectivity index (χ2v) is 8.09. The van der Waals surface area contributed by atoms with Crippen molar-refractivity contribution in [3.8, 4) is 39.7 Å². The Hall–Kier alpha value is -4.94. The predicted molar refractivity (Wildman–Crippen MR) is 127 cm³/mol. The number of hydrogen-bond donors (Lipinski definition) is 0. The summed E-state index contributed by atoms with van der Waals surface area (Å²) in [7, 11) is 0. The molecular formula is C28H16N4O2. The van der Waals surface area contributed by atoms with Gasteiger partial charge in [0, 0.05) is 12.4 Å². The summed E-state index contributed by atoms with van der Waals surface area (Å²) < 4.78 is 0. The van der Waals surface area contributed by atoms with E-state index in [0.29, 0.717) is 33.8 Å². The molecule has 1 aliphatic carbocycles. The second-order valence-electron chi connectivity index (χ2n) is 8.09. The van der Waals surface area contributed by atoms with E-state index in [9.17, 15) is 9.59 Å². The van der Waals surface area contributed by atoms with Crippen LogP contribution in [0, 0.1) is 31.8 Å². The Labute approximate surface area is 196 Å². The maximum atomic E-state index is 13.5. The minimum absolute atomic E-state index is 0.230. The van der Waals surface area contributed by atoms with Gasteiger partial charge in [0.05, 0.1) is 29.3 Å². The van der Waals surface area contributed by atoms with E-state index in [2.05, 4.69) is 20.9 Å². The summed E-state index contributed by atoms with van der Waals surface area (Å²) >= 11 is 0. The minimum atomic E-state index is -0.635. The van der Waals surface area contributed by atoms with Crippen LogP contribution >= 0.6 is 0 Å². The maximum absolute atomic E-state index is 13.5. The number of hydrogen-bond acceptors (Lipinski definition) is 5. The topological polar surface area (TPSA) is 88.1 Å². The number of rotatable bonds is 2. The summed E-state index contributed by atoms with van der Waals surface area (Å²) in [6.07, 6.45) is 3.34. The van der Waals surface area contributed by atoms with E-state index in [4.69, 9.17) is 11.8 Å². The first kappa shape index (κ1) is 20.9. The fourth-order valence-electron chi connectivity index (χ4n) is 4.40. The molecule has 5 rings (SSSR count). The Bertz CT molecular complexity index is 1480. The van der Waals surface area contributed by atoms with Gasteiger partial charge in [-0.25, -0.2) is 4.85 Å². The SMILES string of the molecule is [C-]#[N+]c1ccc(-c2c(C)cnc3c2C(=O)C(=O)c2c-3ncc(C)c2-c2ccc(C#N)cc2)cc1. The van der Waals surface area contributed by atoms with Crippen LogP contribution in [0.1, 0.15) is 37.4 Å². The van der Waals surface area contributed by atoms with Gasteiger partial charge in [0.1, 0.15) is 11.4 Å². The second kappa shape index (κ2) is 7.88. The number of aryl methyl sites for hydroxylation is 2. The number of fused-ring (bicyclic) bond motifs is 3. The van der Waals surface area contributed by atoms with Crippen LogP contribution in [-0.4, -0.2) is 21.5 Å². The van der Waals surface area contributed by atoms with Gasteiger partial charge in [0.2, 0.25) is 11.6 Å². The van der Waals surface area contributed by atoms with E-state index in [1.807, 2.05) is 13.8 Å². The van der Waals surface area contributed by atoms with Gasteiger partial charge in [-0.2, -0.15) is 5.26 Å². The average molecular weight is 440 g/mol. The molecule has 0 fully saturated rings. The molecule has 2 aromatic carbocycles. The van der Waals surface area contributed by atoms with Crippen LogP contribution in [0.3, 0.4) is 0 Å². The summed E-state index contributed by atoms with van der Waals surface area (Å²) in [5.41, 5.74) is 6.36. The average Bonchev–Trinajstić information content (AvgIpc) is 2.87. The lowest BCUT2D eigenvalue weighted by Crippen LogP contribution is -2.25. The molecule has 160 valence electrons. The van der Waals surface area contributed by atoms with Gasteiger partial charge in [0.15, 0.2) is 5.69 Å². The van der Waals surface area contributed by atoms with Crippen LogP contribution in [0.15, 0.2) is 60.9 Å². The molecule has 34 heavy (non-hydrogen) atoms. The minimum Gasteiger partial charge on any atom is -0.285 e. The number of Topliss-reactive ketones (excluding diaryl/α,β-unsaturated/α-hetero) is 2. The molecule has 0 spiro atoms. The number of nitriles is 1. The van der Waals surface area contributed by atoms with Crippen molar-refractivity contribution in [3.05, 3.63) is 100 Å². The van der Waals surface area contributed by atoms with Crippen LogP contribution in [0.4, 0.5) is 5.69 Å². The van der Waals surface area contributed by atoms with Crippen molar-refractivity contribution in [1.82, 2.24) is 9.97 Å². The highest BCUT2D eigenvalue weighted by Gasteiger charge is 2.37. The largest absolute Gasteiger partial charge is 0.285 e. The monoisotopic (exact) mass is 440 g/mol. The first-order valence-electron chi connectivity index (χ1n) is 10.5. The Balaban J connectivity index is 1.80. The molecule has 6 nitrogen and oxygen atoms in total. The summed E-state index contributed by atoms with van der Waals surface area (Å²) in [6, 6.07) is 15.9. The van der Waals surface area contributed by atoms with Crippen molar-refractivity contribution in [1.29, 1.82) is 5.26 Å². The van der Waals surface area contributed by atoms with Crippen molar-refractivity contribution >= 4 is 17.3 Å². The van der Waals surface area contributed by atoms with E-state index >= 15 is 0 Å². The van der Waals surface area contributed by atoms with Crippen LogP contribution in [0.25, 0.3) is 38.5 Å². The Morgan fingerprint density at radius 1 is 0.735 bits per heavy atom. The van der Waals surface area contributed by atoms with Crippen molar-refractivity contribution in [2.75, 3.05) is 0 Å². The molecule has 0 radical (unpaired) electrons. The lowest BCUT2D eigenvalue weighted by atomic mass is 9.80. The molecule has 6 heteroatoms. The zero-order valence-corrected chi connectivity index (χ0v) is 18.4. The van der Waals surface area contributed by atoms with Crippen LogP contribution in [-0.2, 0) is 0 Å². The van der Waals surface area contributed by atoms with Gasteiger partial charge in [-0.05, 0) is 59.4 Å². The normalized spacial score (nSPS) is 11.9. The fourth-order valence-corrected chi connectivity index (χ4v) is 4.40. The molecule has 0 aliphatic heterocycles. The van der Waals surface area contributed by atoms with Gasteiger partial charge < -0.3 is 0 Å². The van der Waals surface area contributed by atoms with Crippen LogP contribution < -0.4 is 0 Å². The maximum Gasteiger partial charge on any atom is 0.236 e. The Morgan fingerprint density at radius 3 is 1.59 bits per heavy atom. The number of benzene rings is 2. The van der Waals surface area contributed by atoms with E-state index in [1.54, 1.807) is 60.9 Å². The third kappa shape index (κ3) is 3.09. The molecule has 0 saturated heterocycles. The van der Waals surface area contributed by atoms with Crippen molar-refractivity contribution in [2.24, 2.45) is 0 Å². The van der Waals surface area contributed by atoms with Crippen molar-refractivity contribution in [3.63, 3.8) is 0 Å². The zero-order chi connectivity index (χ0) is 24.0. The number of aromatic nitrogens is 2. The highest BCUT2D eigenvalue weighted by atomic mass is 16.2. The zero-order valence-electron chi connectivity index (χ0n) is 18.4. The van der Waals surface area contributed by atoms with E-state index in [-0.39, 0.29) is 11.1 Å². The first-order valence-corrected chi connectivity index (χ1v) is 10.5. The quantitative estimate of drug-likeness (QED) is 0.286. The molecule has 4 aromatic rings. The molecular weight excluding hydrogens is 424 g/mol. The number of carbonyl (C=O) groups is 2. The standard InChI is InChI=1S/C28H16N4O2/c1-15-13-31-25-23(21(15)18-6-4-17(12-29)5-7-18)27(33)28(34)24-22(16(2)14-32-26(24)25)19-8-10-20(30-3)11-9-19/h4-11,13-14H,1-2H3. The van der Waals surface area contributed by atoms with Crippen LogP contribution in [0.5, 0.6) is 0 Å². The Morgan fingerprint density at radius 2 is 1.18 bits per heavy atom. The van der Waals surface area contributed by atoms with Crippen molar-refractivity contribution < 1.29 is 9.59 Å². The highest BCUT2D eigenvalue weighted by Crippen LogP contribution is 2.42. The third-order valence-corrected chi connectivity index (χ3v) is 6.01. The lowest BCUT2D eigenvalue weighted by Gasteiger charge is -2.23. The smallest absolute Gasteiger partial charge is 0.236 e. The first-order chi connectivity index (χ1) is 16.4. The van der Waals surface area contributed by atoms with Gasteiger partial charge in [-0.15, -0.1) is 0 Å². The molecule has 1 aliphatic rings. The predicted octanol–water partition coefficient (Wildman–Crippen LogP) is 5.90. The number of pyridine rings is 2. The Kier molecular flexibility index (Phi) is 4.85. The van der Waals surface area contributed by atoms with E-state index < -0.39 is 11.6 Å². The van der Waals surface area contributed by atoms with E-state index in [1.165, 1.54) is 0 Å². The van der Waals surface area contributed by atoms with E-state index in [0.717, 1.165) is 22.3 Å². The van der Waals surface area contributed by atoms with Gasteiger partial charge in [-0.1, -0.05) is 36.4 Å².